The molecule has 1 aromatic carbocycles. The average molecular weight is 567 g/mol. The van der Waals surface area contributed by atoms with E-state index in [4.69, 9.17) is 4.99 Å². The number of guanidine groups is 1. The molecule has 0 amide bonds. The van der Waals surface area contributed by atoms with Gasteiger partial charge in [-0.15, -0.1) is 24.0 Å². The van der Waals surface area contributed by atoms with Gasteiger partial charge >= 0.3 is 0 Å². The molecule has 4 rings (SSSR count). The number of aliphatic imine (C=N–C) groups is 1. The summed E-state index contributed by atoms with van der Waals surface area (Å²) in [6.45, 7) is 10.1. The minimum absolute atomic E-state index is 0. The topological polar surface area (TPSA) is 59.9 Å². The first-order valence-corrected chi connectivity index (χ1v) is 11.7. The summed E-state index contributed by atoms with van der Waals surface area (Å²) in [5.74, 6) is 2.29. The fourth-order valence-electron chi connectivity index (χ4n) is 4.41. The van der Waals surface area contributed by atoms with Crippen molar-refractivity contribution in [2.45, 2.75) is 26.3 Å². The van der Waals surface area contributed by atoms with E-state index in [0.717, 1.165) is 82.7 Å². The Morgan fingerprint density at radius 3 is 2.39 bits per heavy atom. The zero-order valence-corrected chi connectivity index (χ0v) is 21.7. The molecule has 7 nitrogen and oxygen atoms in total. The molecule has 0 atom stereocenters. The number of benzene rings is 1. The molecule has 9 heteroatoms. The molecule has 0 unspecified atom stereocenters. The number of hydrogen-bond acceptors (Lipinski definition) is 5. The predicted octanol–water partition coefficient (Wildman–Crippen LogP) is 3.23. The number of piperazine rings is 1. The lowest BCUT2D eigenvalue weighted by Crippen LogP contribution is -2.53. The van der Waals surface area contributed by atoms with Crippen LogP contribution in [0.2, 0.25) is 0 Å². The number of halogens is 2. The van der Waals surface area contributed by atoms with Crippen molar-refractivity contribution >= 4 is 35.9 Å². The van der Waals surface area contributed by atoms with Crippen LogP contribution >= 0.6 is 24.0 Å². The van der Waals surface area contributed by atoms with Gasteiger partial charge in [-0.1, -0.05) is 18.2 Å². The highest BCUT2D eigenvalue weighted by Crippen LogP contribution is 2.20. The summed E-state index contributed by atoms with van der Waals surface area (Å²) in [5.41, 5.74) is 0.790. The maximum absolute atomic E-state index is 13.9. The van der Waals surface area contributed by atoms with Gasteiger partial charge in [0.1, 0.15) is 5.82 Å². The van der Waals surface area contributed by atoms with Crippen LogP contribution in [0.15, 0.2) is 47.7 Å². The molecule has 1 aromatic heterocycles. The summed E-state index contributed by atoms with van der Waals surface area (Å²) in [7, 11) is 0. The second-order valence-electron chi connectivity index (χ2n) is 8.53. The van der Waals surface area contributed by atoms with Crippen molar-refractivity contribution in [1.82, 2.24) is 25.1 Å². The summed E-state index contributed by atoms with van der Waals surface area (Å²) in [4.78, 5) is 20.6. The first kappa shape index (κ1) is 25.6. The molecule has 2 saturated heterocycles. The summed E-state index contributed by atoms with van der Waals surface area (Å²) >= 11 is 0. The molecule has 180 valence electrons. The van der Waals surface area contributed by atoms with Gasteiger partial charge in [0.15, 0.2) is 5.96 Å². The fraction of sp³-hybridized carbons (Fsp3) is 0.542. The molecule has 0 spiro atoms. The van der Waals surface area contributed by atoms with Gasteiger partial charge in [0.25, 0.3) is 0 Å². The van der Waals surface area contributed by atoms with Crippen LogP contribution in [-0.2, 0) is 6.54 Å². The van der Waals surface area contributed by atoms with Gasteiger partial charge < -0.3 is 15.1 Å². The number of nitrogens with zero attached hydrogens (tertiary/aromatic N) is 6. The fourth-order valence-corrected chi connectivity index (χ4v) is 4.41. The van der Waals surface area contributed by atoms with Crippen molar-refractivity contribution in [3.05, 3.63) is 54.1 Å². The van der Waals surface area contributed by atoms with Crippen LogP contribution in [0.4, 0.5) is 10.3 Å². The molecule has 2 aromatic rings. The molecule has 2 aliphatic heterocycles. The summed E-state index contributed by atoms with van der Waals surface area (Å²) in [6, 6.07) is 8.94. The van der Waals surface area contributed by atoms with Crippen molar-refractivity contribution in [2.24, 2.45) is 10.9 Å². The SMILES string of the molecule is CCNC(=NCC1CCN(Cc2ccccc2F)CC1)N1CCN(c2ncccn2)CC1.I. The maximum Gasteiger partial charge on any atom is 0.225 e. The van der Waals surface area contributed by atoms with E-state index in [0.29, 0.717) is 12.5 Å². The van der Waals surface area contributed by atoms with Gasteiger partial charge in [0.05, 0.1) is 0 Å². The molecule has 0 aliphatic carbocycles. The van der Waals surface area contributed by atoms with E-state index in [1.165, 1.54) is 0 Å². The lowest BCUT2D eigenvalue weighted by atomic mass is 9.96. The van der Waals surface area contributed by atoms with Gasteiger partial charge in [0, 0.05) is 63.8 Å². The maximum atomic E-state index is 13.9. The normalized spacial score (nSPS) is 18.2. The Balaban J connectivity index is 0.00000306. The lowest BCUT2D eigenvalue weighted by Gasteiger charge is -2.37. The molecule has 1 N–H and O–H groups in total. The van der Waals surface area contributed by atoms with Crippen LogP contribution in [0.3, 0.4) is 0 Å². The van der Waals surface area contributed by atoms with Crippen molar-refractivity contribution in [2.75, 3.05) is 57.3 Å². The number of piperidine rings is 1. The first-order valence-electron chi connectivity index (χ1n) is 11.7. The number of nitrogens with one attached hydrogen (secondary N) is 1. The van der Waals surface area contributed by atoms with Gasteiger partial charge in [-0.2, -0.15) is 0 Å². The van der Waals surface area contributed by atoms with Gasteiger partial charge in [-0.25, -0.2) is 14.4 Å². The zero-order valence-electron chi connectivity index (χ0n) is 19.4. The Bertz CT molecular complexity index is 866. The lowest BCUT2D eigenvalue weighted by molar-refractivity contribution is 0.178. The Morgan fingerprint density at radius 1 is 1.03 bits per heavy atom. The highest BCUT2D eigenvalue weighted by molar-refractivity contribution is 14.0. The monoisotopic (exact) mass is 567 g/mol. The number of aromatic nitrogens is 2. The van der Waals surface area contributed by atoms with E-state index in [1.54, 1.807) is 24.5 Å². The third-order valence-electron chi connectivity index (χ3n) is 6.31. The number of rotatable bonds is 6. The van der Waals surface area contributed by atoms with Crippen LogP contribution in [0.5, 0.6) is 0 Å². The largest absolute Gasteiger partial charge is 0.357 e. The van der Waals surface area contributed by atoms with Crippen molar-refractivity contribution < 1.29 is 4.39 Å². The van der Waals surface area contributed by atoms with Crippen LogP contribution < -0.4 is 10.2 Å². The smallest absolute Gasteiger partial charge is 0.225 e. The minimum Gasteiger partial charge on any atom is -0.357 e. The van der Waals surface area contributed by atoms with Crippen molar-refractivity contribution in [1.29, 1.82) is 0 Å². The van der Waals surface area contributed by atoms with Crippen LogP contribution in [0, 0.1) is 11.7 Å². The van der Waals surface area contributed by atoms with Gasteiger partial charge in [-0.3, -0.25) is 9.89 Å². The molecule has 2 aliphatic rings. The van der Waals surface area contributed by atoms with Crippen LogP contribution in [0.1, 0.15) is 25.3 Å². The quantitative estimate of drug-likeness (QED) is 0.329. The predicted molar refractivity (Wildman–Crippen MR) is 142 cm³/mol. The van der Waals surface area contributed by atoms with E-state index in [1.807, 2.05) is 18.2 Å². The van der Waals surface area contributed by atoms with Gasteiger partial charge in [0.2, 0.25) is 5.95 Å². The van der Waals surface area contributed by atoms with E-state index in [9.17, 15) is 4.39 Å². The first-order chi connectivity index (χ1) is 15.7. The van der Waals surface area contributed by atoms with Gasteiger partial charge in [-0.05, 0) is 50.9 Å². The summed E-state index contributed by atoms with van der Waals surface area (Å²) in [5, 5.41) is 3.47. The molecular weight excluding hydrogens is 532 g/mol. The number of anilines is 1. The van der Waals surface area contributed by atoms with E-state index >= 15 is 0 Å². The second kappa shape index (κ2) is 13.0. The third-order valence-corrected chi connectivity index (χ3v) is 6.31. The van der Waals surface area contributed by atoms with E-state index in [2.05, 4.69) is 36.9 Å². The summed E-state index contributed by atoms with van der Waals surface area (Å²) < 4.78 is 13.9. The third kappa shape index (κ3) is 7.23. The van der Waals surface area contributed by atoms with E-state index in [-0.39, 0.29) is 29.8 Å². The van der Waals surface area contributed by atoms with Crippen LogP contribution in [0.25, 0.3) is 0 Å². The molecule has 0 saturated carbocycles. The number of likely N-dealkylation sites (tertiary alicyclic amines) is 1. The zero-order chi connectivity index (χ0) is 22.2. The van der Waals surface area contributed by atoms with E-state index < -0.39 is 0 Å². The molecular formula is C24H35FIN7. The van der Waals surface area contributed by atoms with Crippen molar-refractivity contribution in [3.8, 4) is 0 Å². The Kier molecular flexibility index (Phi) is 10.1. The summed E-state index contributed by atoms with van der Waals surface area (Å²) in [6.07, 6.45) is 5.80. The molecule has 3 heterocycles. The average Bonchev–Trinajstić information content (AvgIpc) is 2.85. The Labute approximate surface area is 213 Å². The molecule has 0 radical (unpaired) electrons. The molecule has 0 bridgehead atoms. The highest BCUT2D eigenvalue weighted by atomic mass is 127. The molecule has 33 heavy (non-hydrogen) atoms. The van der Waals surface area contributed by atoms with Crippen molar-refractivity contribution in [3.63, 3.8) is 0 Å². The standard InChI is InChI=1S/C24H34FN7.HI/c1-2-26-23(31-14-16-32(17-15-31)24-27-10-5-11-28-24)29-18-20-8-12-30(13-9-20)19-21-6-3-4-7-22(21)25;/h3-7,10-11,20H,2,8-9,12-19H2,1H3,(H,26,29);1H. The number of hydrogen-bond donors (Lipinski definition) is 1. The van der Waals surface area contributed by atoms with Crippen LogP contribution in [-0.4, -0.2) is 78.1 Å². The highest BCUT2D eigenvalue weighted by Gasteiger charge is 2.23. The minimum atomic E-state index is -0.103. The molecule has 2 fully saturated rings. The Morgan fingerprint density at radius 2 is 1.73 bits per heavy atom. The second-order valence-corrected chi connectivity index (χ2v) is 8.53. The Hall–Kier alpha value is -2.01.